The van der Waals surface area contributed by atoms with Gasteiger partial charge in [0.05, 0.1) is 37.3 Å². The van der Waals surface area contributed by atoms with Gasteiger partial charge < -0.3 is 14.2 Å². The maximum Gasteiger partial charge on any atom is 0.266 e. The highest BCUT2D eigenvalue weighted by atomic mass is 32.2. The number of thioether (sulfide) groups is 1. The van der Waals surface area contributed by atoms with Gasteiger partial charge in [0.2, 0.25) is 0 Å². The first-order chi connectivity index (χ1) is 17.0. The molecule has 3 aromatic rings. The van der Waals surface area contributed by atoms with E-state index in [0.29, 0.717) is 32.8 Å². The molecule has 1 fully saturated rings. The molecule has 0 radical (unpaired) electrons. The normalized spacial score (nSPS) is 14.2. The third-order valence-corrected chi connectivity index (χ3v) is 6.76. The third-order valence-electron chi connectivity index (χ3n) is 5.38. The van der Waals surface area contributed by atoms with E-state index in [4.69, 9.17) is 26.4 Å². The monoisotopic (exact) mass is 502 g/mol. The highest BCUT2D eigenvalue weighted by Gasteiger charge is 2.32. The molecule has 0 aliphatic carbocycles. The molecule has 0 bridgehead atoms. The number of hydrogen-bond acceptors (Lipinski definition) is 7. The van der Waals surface area contributed by atoms with Crippen molar-refractivity contribution in [2.45, 2.75) is 13.2 Å². The zero-order valence-electron chi connectivity index (χ0n) is 19.2. The Bertz CT molecular complexity index is 1330. The summed E-state index contributed by atoms with van der Waals surface area (Å²) in [6.45, 7) is 0.635. The zero-order chi connectivity index (χ0) is 24.8. The first-order valence-corrected chi connectivity index (χ1v) is 11.9. The fourth-order valence-corrected chi connectivity index (χ4v) is 4.76. The second-order valence-corrected chi connectivity index (χ2v) is 9.26. The van der Waals surface area contributed by atoms with E-state index in [-0.39, 0.29) is 12.5 Å². The van der Waals surface area contributed by atoms with Crippen LogP contribution in [-0.2, 0) is 17.9 Å². The molecule has 1 aliphatic rings. The number of benzene rings is 3. The van der Waals surface area contributed by atoms with Gasteiger partial charge in [-0.05, 0) is 47.5 Å². The highest BCUT2D eigenvalue weighted by Crippen LogP contribution is 2.36. The average Bonchev–Trinajstić information content (AvgIpc) is 3.15. The summed E-state index contributed by atoms with van der Waals surface area (Å²) in [6.07, 6.45) is 1.80. The fourth-order valence-electron chi connectivity index (χ4n) is 3.51. The van der Waals surface area contributed by atoms with Gasteiger partial charge in [-0.1, -0.05) is 60.4 Å². The minimum Gasteiger partial charge on any atom is -0.497 e. The van der Waals surface area contributed by atoms with Crippen molar-refractivity contribution in [2.75, 3.05) is 14.2 Å². The van der Waals surface area contributed by atoms with Crippen molar-refractivity contribution in [3.8, 4) is 23.3 Å². The number of ether oxygens (including phenoxy) is 3. The fraction of sp³-hybridized carbons (Fsp3) is 0.148. The summed E-state index contributed by atoms with van der Waals surface area (Å²) >= 11 is 6.74. The van der Waals surface area contributed by atoms with Crippen LogP contribution in [0.1, 0.15) is 22.3 Å². The zero-order valence-corrected chi connectivity index (χ0v) is 20.8. The molecule has 1 saturated heterocycles. The lowest BCUT2D eigenvalue weighted by atomic mass is 10.1. The van der Waals surface area contributed by atoms with Crippen LogP contribution in [0.4, 0.5) is 0 Å². The van der Waals surface area contributed by atoms with Crippen molar-refractivity contribution in [1.82, 2.24) is 4.90 Å². The molecule has 6 nitrogen and oxygen atoms in total. The summed E-state index contributed by atoms with van der Waals surface area (Å²) in [7, 11) is 3.17. The van der Waals surface area contributed by atoms with E-state index in [1.807, 2.05) is 54.6 Å². The first-order valence-electron chi connectivity index (χ1n) is 10.7. The summed E-state index contributed by atoms with van der Waals surface area (Å²) in [5.74, 6) is 1.70. The molecule has 1 heterocycles. The van der Waals surface area contributed by atoms with Crippen LogP contribution in [0.25, 0.3) is 6.08 Å². The van der Waals surface area contributed by atoms with Crippen LogP contribution in [-0.4, -0.2) is 29.3 Å². The summed E-state index contributed by atoms with van der Waals surface area (Å²) in [5.41, 5.74) is 3.11. The minimum absolute atomic E-state index is 0.136. The van der Waals surface area contributed by atoms with Gasteiger partial charge in [0.25, 0.3) is 5.91 Å². The number of nitriles is 1. The standard InChI is InChI=1S/C27H22N2O4S2/c1-31-22-10-7-18(8-11-22)16-29-26(30)25(35-27(29)34)14-19-9-12-23(24(13-19)32-2)33-17-21-6-4-3-5-20(21)15-28/h3-14H,16-17H2,1-2H3/b25-14-. The Hall–Kier alpha value is -3.80. The Kier molecular flexibility index (Phi) is 7.70. The van der Waals surface area contributed by atoms with E-state index in [9.17, 15) is 10.1 Å². The number of carbonyl (C=O) groups is 1. The number of hydrogen-bond donors (Lipinski definition) is 0. The van der Waals surface area contributed by atoms with Crippen molar-refractivity contribution in [2.24, 2.45) is 0 Å². The Morgan fingerprint density at radius 2 is 1.80 bits per heavy atom. The topological polar surface area (TPSA) is 71.8 Å². The van der Waals surface area contributed by atoms with E-state index >= 15 is 0 Å². The Labute approximate surface area is 213 Å². The van der Waals surface area contributed by atoms with Crippen molar-refractivity contribution < 1.29 is 19.0 Å². The molecule has 0 spiro atoms. The molecule has 0 unspecified atom stereocenters. The number of nitrogens with zero attached hydrogens (tertiary/aromatic N) is 2. The molecule has 3 aromatic carbocycles. The molecule has 35 heavy (non-hydrogen) atoms. The van der Waals surface area contributed by atoms with E-state index in [0.717, 1.165) is 22.4 Å². The Balaban J connectivity index is 1.48. The Morgan fingerprint density at radius 3 is 2.51 bits per heavy atom. The number of rotatable bonds is 8. The van der Waals surface area contributed by atoms with Crippen LogP contribution in [0.5, 0.6) is 17.2 Å². The first kappa shape index (κ1) is 24.3. The van der Waals surface area contributed by atoms with Crippen molar-refractivity contribution in [3.63, 3.8) is 0 Å². The highest BCUT2D eigenvalue weighted by molar-refractivity contribution is 8.26. The molecule has 1 aliphatic heterocycles. The van der Waals surface area contributed by atoms with Gasteiger partial charge >= 0.3 is 0 Å². The van der Waals surface area contributed by atoms with E-state index in [1.165, 1.54) is 11.8 Å². The van der Waals surface area contributed by atoms with E-state index in [2.05, 4.69) is 6.07 Å². The molecule has 4 rings (SSSR count). The smallest absolute Gasteiger partial charge is 0.266 e. The average molecular weight is 503 g/mol. The van der Waals surface area contributed by atoms with Crippen LogP contribution in [0.3, 0.4) is 0 Å². The minimum atomic E-state index is -0.136. The molecule has 176 valence electrons. The molecule has 0 aromatic heterocycles. The van der Waals surface area contributed by atoms with Gasteiger partial charge in [0.15, 0.2) is 11.5 Å². The lowest BCUT2D eigenvalue weighted by Gasteiger charge is -2.14. The Morgan fingerprint density at radius 1 is 1.03 bits per heavy atom. The molecule has 0 saturated carbocycles. The van der Waals surface area contributed by atoms with Crippen LogP contribution < -0.4 is 14.2 Å². The second-order valence-electron chi connectivity index (χ2n) is 7.58. The van der Waals surface area contributed by atoms with Crippen LogP contribution >= 0.6 is 24.0 Å². The maximum absolute atomic E-state index is 13.0. The molecule has 0 N–H and O–H groups in total. The quantitative estimate of drug-likeness (QED) is 0.295. The number of methoxy groups -OCH3 is 2. The number of amides is 1. The van der Waals surface area contributed by atoms with Gasteiger partial charge in [-0.15, -0.1) is 0 Å². The summed E-state index contributed by atoms with van der Waals surface area (Å²) in [6, 6.07) is 22.5. The summed E-state index contributed by atoms with van der Waals surface area (Å²) in [4.78, 5) is 15.2. The van der Waals surface area contributed by atoms with Gasteiger partial charge in [0.1, 0.15) is 16.7 Å². The van der Waals surface area contributed by atoms with Crippen molar-refractivity contribution in [1.29, 1.82) is 5.26 Å². The molecule has 1 amide bonds. The molecule has 8 heteroatoms. The molecular formula is C27H22N2O4S2. The van der Waals surface area contributed by atoms with Crippen molar-refractivity contribution >= 4 is 40.3 Å². The van der Waals surface area contributed by atoms with Crippen molar-refractivity contribution in [3.05, 3.63) is 93.9 Å². The summed E-state index contributed by atoms with van der Waals surface area (Å²) in [5, 5.41) is 9.27. The predicted molar refractivity (Wildman–Crippen MR) is 140 cm³/mol. The lowest BCUT2D eigenvalue weighted by molar-refractivity contribution is -0.122. The maximum atomic E-state index is 13.0. The lowest BCUT2D eigenvalue weighted by Crippen LogP contribution is -2.27. The largest absolute Gasteiger partial charge is 0.497 e. The predicted octanol–water partition coefficient (Wildman–Crippen LogP) is 5.56. The number of carbonyl (C=O) groups excluding carboxylic acids is 1. The molecular weight excluding hydrogens is 480 g/mol. The second kappa shape index (κ2) is 11.1. The van der Waals surface area contributed by atoms with Crippen LogP contribution in [0.15, 0.2) is 71.6 Å². The third kappa shape index (κ3) is 5.65. The van der Waals surface area contributed by atoms with Crippen LogP contribution in [0, 0.1) is 11.3 Å². The van der Waals surface area contributed by atoms with E-state index < -0.39 is 0 Å². The number of thiocarbonyl (C=S) groups is 1. The van der Waals surface area contributed by atoms with Gasteiger partial charge in [-0.25, -0.2) is 0 Å². The SMILES string of the molecule is COc1ccc(CN2C(=O)/C(=C/c3ccc(OCc4ccccc4C#N)c(OC)c3)SC2=S)cc1. The van der Waals surface area contributed by atoms with Gasteiger partial charge in [0, 0.05) is 5.56 Å². The van der Waals surface area contributed by atoms with Gasteiger partial charge in [-0.2, -0.15) is 5.26 Å². The summed E-state index contributed by atoms with van der Waals surface area (Å²) < 4.78 is 17.1. The van der Waals surface area contributed by atoms with Gasteiger partial charge in [-0.3, -0.25) is 9.69 Å². The van der Waals surface area contributed by atoms with Crippen LogP contribution in [0.2, 0.25) is 0 Å². The molecule has 0 atom stereocenters. The van der Waals surface area contributed by atoms with E-state index in [1.54, 1.807) is 37.3 Å².